The molecule has 1 saturated heterocycles. The van der Waals surface area contributed by atoms with Gasteiger partial charge in [0.2, 0.25) is 0 Å². The van der Waals surface area contributed by atoms with Gasteiger partial charge in [-0.3, -0.25) is 0 Å². The fraction of sp³-hybridized carbons (Fsp3) is 0.850. The Morgan fingerprint density at radius 3 is 2.67 bits per heavy atom. The summed E-state index contributed by atoms with van der Waals surface area (Å²) in [5.41, 5.74) is 0.336. The van der Waals surface area contributed by atoms with Gasteiger partial charge >= 0.3 is 0 Å². The molecule has 1 heterocycles. The first-order valence-electron chi connectivity index (χ1n) is 9.55. The Balaban J connectivity index is 1.55. The van der Waals surface area contributed by atoms with Crippen LogP contribution in [0, 0.1) is 39.9 Å². The first kappa shape index (κ1) is 15.2. The first-order chi connectivity index (χ1) is 11.4. The molecule has 24 heavy (non-hydrogen) atoms. The van der Waals surface area contributed by atoms with Gasteiger partial charge in [0.15, 0.2) is 0 Å². The van der Waals surface area contributed by atoms with Crippen LogP contribution in [0.5, 0.6) is 0 Å². The monoisotopic (exact) mass is 329 g/mol. The minimum atomic E-state index is -0.241. The molecule has 0 radical (unpaired) electrons. The molecule has 0 aromatic carbocycles. The Bertz CT molecular complexity index is 681. The third-order valence-electron chi connectivity index (χ3n) is 8.95. The van der Waals surface area contributed by atoms with Crippen molar-refractivity contribution in [2.45, 2.75) is 76.6 Å². The highest BCUT2D eigenvalue weighted by molar-refractivity contribution is 5.41. The van der Waals surface area contributed by atoms with Gasteiger partial charge in [0.05, 0.1) is 17.7 Å². The predicted octanol–water partition coefficient (Wildman–Crippen LogP) is 3.47. The molecule has 5 aliphatic rings. The highest BCUT2D eigenvalue weighted by Gasteiger charge is 2.76. The van der Waals surface area contributed by atoms with Gasteiger partial charge in [0.25, 0.3) is 0 Å². The molecule has 4 aliphatic carbocycles. The van der Waals surface area contributed by atoms with Gasteiger partial charge in [-0.2, -0.15) is 5.26 Å². The van der Waals surface area contributed by atoms with E-state index in [0.29, 0.717) is 29.7 Å². The molecule has 0 amide bonds. The molecule has 0 bridgehead atoms. The lowest BCUT2D eigenvalue weighted by atomic mass is 9.45. The molecule has 1 aliphatic heterocycles. The van der Waals surface area contributed by atoms with E-state index in [2.05, 4.69) is 19.9 Å². The van der Waals surface area contributed by atoms with Crippen molar-refractivity contribution in [3.63, 3.8) is 0 Å². The number of aliphatic hydroxyl groups excluding tert-OH is 2. The van der Waals surface area contributed by atoms with Crippen LogP contribution < -0.4 is 0 Å². The van der Waals surface area contributed by atoms with Crippen molar-refractivity contribution in [3.8, 4) is 6.07 Å². The van der Waals surface area contributed by atoms with Gasteiger partial charge in [0.1, 0.15) is 17.5 Å². The zero-order valence-corrected chi connectivity index (χ0v) is 14.6. The first-order valence-corrected chi connectivity index (χ1v) is 9.55. The van der Waals surface area contributed by atoms with E-state index in [-0.39, 0.29) is 34.4 Å². The summed E-state index contributed by atoms with van der Waals surface area (Å²) < 4.78 is 6.11. The van der Waals surface area contributed by atoms with Crippen molar-refractivity contribution < 1.29 is 14.9 Å². The summed E-state index contributed by atoms with van der Waals surface area (Å²) in [4.78, 5) is 0. The minimum absolute atomic E-state index is 0.0489. The van der Waals surface area contributed by atoms with Gasteiger partial charge in [-0.25, -0.2) is 0 Å². The van der Waals surface area contributed by atoms with Crippen molar-refractivity contribution in [2.24, 2.45) is 28.6 Å². The molecule has 1 spiro atoms. The van der Waals surface area contributed by atoms with Crippen LogP contribution in [-0.4, -0.2) is 28.0 Å². The van der Waals surface area contributed by atoms with Crippen LogP contribution in [0.25, 0.3) is 0 Å². The van der Waals surface area contributed by atoms with E-state index in [9.17, 15) is 15.5 Å². The van der Waals surface area contributed by atoms with Crippen LogP contribution in [0.2, 0.25) is 0 Å². The van der Waals surface area contributed by atoms with Gasteiger partial charge in [-0.05, 0) is 68.1 Å². The molecular weight excluding hydrogens is 302 g/mol. The minimum Gasteiger partial charge on any atom is -0.508 e. The summed E-state index contributed by atoms with van der Waals surface area (Å²) in [6.45, 7) is 4.60. The van der Waals surface area contributed by atoms with Crippen LogP contribution in [0.1, 0.15) is 58.8 Å². The van der Waals surface area contributed by atoms with Gasteiger partial charge in [-0.1, -0.05) is 13.8 Å². The number of allylic oxidation sites excluding steroid dienone is 1. The molecule has 0 aromatic rings. The van der Waals surface area contributed by atoms with Crippen molar-refractivity contribution in [2.75, 3.05) is 0 Å². The maximum Gasteiger partial charge on any atom is 0.146 e. The smallest absolute Gasteiger partial charge is 0.146 e. The Kier molecular flexibility index (Phi) is 2.77. The summed E-state index contributed by atoms with van der Waals surface area (Å²) >= 11 is 0. The zero-order valence-electron chi connectivity index (χ0n) is 14.6. The largest absolute Gasteiger partial charge is 0.508 e. The molecule has 4 nitrogen and oxygen atoms in total. The number of rotatable bonds is 0. The van der Waals surface area contributed by atoms with E-state index < -0.39 is 0 Å². The second kappa shape index (κ2) is 4.37. The summed E-state index contributed by atoms with van der Waals surface area (Å²) in [5.74, 6) is 1.96. The summed E-state index contributed by atoms with van der Waals surface area (Å²) in [5, 5.41) is 30.4. The lowest BCUT2D eigenvalue weighted by molar-refractivity contribution is -0.116. The van der Waals surface area contributed by atoms with Gasteiger partial charge in [0, 0.05) is 5.41 Å². The van der Waals surface area contributed by atoms with E-state index in [4.69, 9.17) is 4.74 Å². The predicted molar refractivity (Wildman–Crippen MR) is 87.9 cm³/mol. The SMILES string of the molecule is C[C@]12CCC3[C@@H](CC[C@@]45O[C@@H]4C(O)=C(C#N)C[C@]35C)C1CC[C@@H]2O. The molecule has 0 aromatic heterocycles. The van der Waals surface area contributed by atoms with Crippen LogP contribution in [0.15, 0.2) is 11.3 Å². The van der Waals surface area contributed by atoms with Crippen LogP contribution >= 0.6 is 0 Å². The number of nitrogens with zero attached hydrogens (tertiary/aromatic N) is 1. The number of hydrogen-bond donors (Lipinski definition) is 2. The summed E-state index contributed by atoms with van der Waals surface area (Å²) in [6.07, 6.45) is 6.65. The van der Waals surface area contributed by atoms with Gasteiger partial charge < -0.3 is 14.9 Å². The molecule has 2 N–H and O–H groups in total. The lowest BCUT2D eigenvalue weighted by Crippen LogP contribution is -2.57. The van der Waals surface area contributed by atoms with Crippen LogP contribution in [-0.2, 0) is 4.74 Å². The standard InChI is InChI=1S/C20H27NO3/c1-18-7-6-14-12(13(18)3-4-15(18)22)5-8-20-17(24-20)16(23)11(10-21)9-19(14,20)2/h12-15,17,22-23H,3-9H2,1-2H3/t12-,13?,14?,15-,17+,18-,19+,20+/m0/s1. The molecule has 4 heteroatoms. The number of fused-ring (bicyclic) bond motifs is 4. The second-order valence-corrected chi connectivity index (χ2v) is 9.51. The Morgan fingerprint density at radius 1 is 1.12 bits per heavy atom. The Morgan fingerprint density at radius 2 is 1.92 bits per heavy atom. The molecule has 130 valence electrons. The second-order valence-electron chi connectivity index (χ2n) is 9.51. The maximum atomic E-state index is 10.5. The van der Waals surface area contributed by atoms with E-state index in [1.165, 1.54) is 0 Å². The van der Waals surface area contributed by atoms with Crippen molar-refractivity contribution >= 4 is 0 Å². The third-order valence-corrected chi connectivity index (χ3v) is 8.95. The highest BCUT2D eigenvalue weighted by Crippen LogP contribution is 2.73. The number of nitriles is 1. The quantitative estimate of drug-likeness (QED) is 0.667. The summed E-state index contributed by atoms with van der Waals surface area (Å²) in [6, 6.07) is 2.23. The normalized spacial score (nSPS) is 58.2. The molecule has 4 fully saturated rings. The van der Waals surface area contributed by atoms with Gasteiger partial charge in [-0.15, -0.1) is 0 Å². The average Bonchev–Trinajstić information content (AvgIpc) is 3.23. The molecular formula is C20H27NO3. The van der Waals surface area contributed by atoms with Crippen molar-refractivity contribution in [3.05, 3.63) is 11.3 Å². The van der Waals surface area contributed by atoms with Crippen LogP contribution in [0.4, 0.5) is 0 Å². The number of hydrogen-bond acceptors (Lipinski definition) is 4. The number of aliphatic hydroxyl groups is 2. The molecule has 3 saturated carbocycles. The number of epoxide rings is 1. The van der Waals surface area contributed by atoms with Crippen LogP contribution in [0.3, 0.4) is 0 Å². The fourth-order valence-corrected chi connectivity index (χ4v) is 7.50. The lowest BCUT2D eigenvalue weighted by Gasteiger charge is -2.58. The highest BCUT2D eigenvalue weighted by atomic mass is 16.6. The Hall–Kier alpha value is -1.05. The van der Waals surface area contributed by atoms with E-state index in [0.717, 1.165) is 38.5 Å². The van der Waals surface area contributed by atoms with E-state index in [1.807, 2.05) is 0 Å². The Labute approximate surface area is 143 Å². The zero-order chi connectivity index (χ0) is 16.9. The summed E-state index contributed by atoms with van der Waals surface area (Å²) in [7, 11) is 0. The third kappa shape index (κ3) is 1.48. The van der Waals surface area contributed by atoms with Crippen molar-refractivity contribution in [1.82, 2.24) is 0 Å². The maximum absolute atomic E-state index is 10.5. The molecule has 2 unspecified atom stereocenters. The topological polar surface area (TPSA) is 76.8 Å². The molecule has 5 rings (SSSR count). The number of ether oxygens (including phenoxy) is 1. The average molecular weight is 329 g/mol. The molecule has 8 atom stereocenters. The van der Waals surface area contributed by atoms with E-state index >= 15 is 0 Å². The van der Waals surface area contributed by atoms with Crippen molar-refractivity contribution in [1.29, 1.82) is 5.26 Å². The van der Waals surface area contributed by atoms with E-state index in [1.54, 1.807) is 0 Å². The fourth-order valence-electron chi connectivity index (χ4n) is 7.50.